The lowest BCUT2D eigenvalue weighted by molar-refractivity contribution is -0.126. The van der Waals surface area contributed by atoms with Crippen molar-refractivity contribution in [3.63, 3.8) is 0 Å². The summed E-state index contributed by atoms with van der Waals surface area (Å²) in [6.45, 7) is 3.08. The van der Waals surface area contributed by atoms with Crippen LogP contribution in [-0.4, -0.2) is 34.4 Å². The standard InChI is InChI=1S/C18H21N3O2/c1-3-13-6-8-14(9-7-13)11-19-17(22)16-12-21-10-4-5-15(21)18(23)20(16)2/h4-10,16H,3,11-12H2,1-2H3,(H,19,22). The van der Waals surface area contributed by atoms with Gasteiger partial charge in [0.1, 0.15) is 11.7 Å². The number of likely N-dealkylation sites (N-methyl/N-ethyl adjacent to an activating group) is 1. The summed E-state index contributed by atoms with van der Waals surface area (Å²) in [6.07, 6.45) is 2.84. The predicted octanol–water partition coefficient (Wildman–Crippen LogP) is 1.82. The molecule has 0 aliphatic carbocycles. The number of aryl methyl sites for hydroxylation is 1. The minimum absolute atomic E-state index is 0.117. The molecule has 1 aliphatic heterocycles. The van der Waals surface area contributed by atoms with E-state index in [1.165, 1.54) is 10.5 Å². The predicted molar refractivity (Wildman–Crippen MR) is 88.0 cm³/mol. The van der Waals surface area contributed by atoms with Crippen molar-refractivity contribution in [3.8, 4) is 0 Å². The maximum Gasteiger partial charge on any atom is 0.270 e. The van der Waals surface area contributed by atoms with E-state index in [9.17, 15) is 9.59 Å². The van der Waals surface area contributed by atoms with Crippen LogP contribution in [0.5, 0.6) is 0 Å². The molecule has 1 atom stereocenters. The molecule has 1 aliphatic rings. The van der Waals surface area contributed by atoms with Gasteiger partial charge in [0, 0.05) is 19.8 Å². The number of hydrogen-bond acceptors (Lipinski definition) is 2. The van der Waals surface area contributed by atoms with E-state index >= 15 is 0 Å². The number of carbonyl (C=O) groups is 2. The van der Waals surface area contributed by atoms with Gasteiger partial charge in [-0.1, -0.05) is 31.2 Å². The lowest BCUT2D eigenvalue weighted by Crippen LogP contribution is -2.53. The first-order chi connectivity index (χ1) is 11.1. The molecule has 5 nitrogen and oxygen atoms in total. The van der Waals surface area contributed by atoms with Crippen molar-refractivity contribution in [1.82, 2.24) is 14.8 Å². The highest BCUT2D eigenvalue weighted by Crippen LogP contribution is 2.17. The lowest BCUT2D eigenvalue weighted by atomic mass is 10.1. The summed E-state index contributed by atoms with van der Waals surface area (Å²) >= 11 is 0. The van der Waals surface area contributed by atoms with Crippen LogP contribution < -0.4 is 5.32 Å². The highest BCUT2D eigenvalue weighted by Gasteiger charge is 2.33. The number of aromatic nitrogens is 1. The summed E-state index contributed by atoms with van der Waals surface area (Å²) in [7, 11) is 1.68. The van der Waals surface area contributed by atoms with Crippen LogP contribution in [0, 0.1) is 0 Å². The monoisotopic (exact) mass is 311 g/mol. The zero-order valence-corrected chi connectivity index (χ0v) is 13.5. The maximum absolute atomic E-state index is 12.5. The Labute approximate surface area is 135 Å². The molecule has 120 valence electrons. The molecule has 2 aromatic rings. The Kier molecular flexibility index (Phi) is 4.19. The molecule has 0 radical (unpaired) electrons. The second-order valence-corrected chi connectivity index (χ2v) is 5.87. The molecule has 3 rings (SSSR count). The molecule has 0 spiro atoms. The number of rotatable bonds is 4. The van der Waals surface area contributed by atoms with Crippen molar-refractivity contribution in [2.75, 3.05) is 7.05 Å². The van der Waals surface area contributed by atoms with E-state index in [0.717, 1.165) is 12.0 Å². The summed E-state index contributed by atoms with van der Waals surface area (Å²) in [5.41, 5.74) is 2.96. The lowest BCUT2D eigenvalue weighted by Gasteiger charge is -2.32. The van der Waals surface area contributed by atoms with Crippen molar-refractivity contribution in [3.05, 3.63) is 59.4 Å². The number of amides is 2. The van der Waals surface area contributed by atoms with Gasteiger partial charge < -0.3 is 14.8 Å². The van der Waals surface area contributed by atoms with Crippen molar-refractivity contribution < 1.29 is 9.59 Å². The van der Waals surface area contributed by atoms with Gasteiger partial charge in [-0.2, -0.15) is 0 Å². The van der Waals surface area contributed by atoms with Crippen LogP contribution in [0.3, 0.4) is 0 Å². The van der Waals surface area contributed by atoms with Gasteiger partial charge in [0.15, 0.2) is 0 Å². The van der Waals surface area contributed by atoms with E-state index in [0.29, 0.717) is 18.8 Å². The van der Waals surface area contributed by atoms with Crippen LogP contribution in [0.4, 0.5) is 0 Å². The average Bonchev–Trinajstić information content (AvgIpc) is 3.05. The zero-order valence-electron chi connectivity index (χ0n) is 13.5. The molecule has 0 saturated heterocycles. The molecule has 1 aromatic heterocycles. The topological polar surface area (TPSA) is 54.3 Å². The van der Waals surface area contributed by atoms with Gasteiger partial charge in [-0.15, -0.1) is 0 Å². The Morgan fingerprint density at radius 3 is 2.61 bits per heavy atom. The van der Waals surface area contributed by atoms with Gasteiger partial charge in [0.2, 0.25) is 5.91 Å². The first kappa shape index (κ1) is 15.3. The fourth-order valence-corrected chi connectivity index (χ4v) is 2.86. The Balaban J connectivity index is 1.65. The fourth-order valence-electron chi connectivity index (χ4n) is 2.86. The highest BCUT2D eigenvalue weighted by molar-refractivity contribution is 5.97. The SMILES string of the molecule is CCc1ccc(CNC(=O)C2Cn3cccc3C(=O)N2C)cc1. The van der Waals surface area contributed by atoms with Crippen LogP contribution in [0.1, 0.15) is 28.5 Å². The molecular weight excluding hydrogens is 290 g/mol. The van der Waals surface area contributed by atoms with Crippen molar-refractivity contribution in [1.29, 1.82) is 0 Å². The molecule has 23 heavy (non-hydrogen) atoms. The van der Waals surface area contributed by atoms with Crippen LogP contribution in [0.15, 0.2) is 42.6 Å². The summed E-state index contributed by atoms with van der Waals surface area (Å²) in [5, 5.41) is 2.93. The van der Waals surface area contributed by atoms with Crippen LogP contribution >= 0.6 is 0 Å². The summed E-state index contributed by atoms with van der Waals surface area (Å²) in [5.74, 6) is -0.242. The van der Waals surface area contributed by atoms with Gasteiger partial charge >= 0.3 is 0 Å². The molecule has 1 aromatic carbocycles. The number of fused-ring (bicyclic) bond motifs is 1. The van der Waals surface area contributed by atoms with Gasteiger partial charge in [0.25, 0.3) is 5.91 Å². The zero-order chi connectivity index (χ0) is 16.4. The Bertz CT molecular complexity index is 718. The van der Waals surface area contributed by atoms with Crippen molar-refractivity contribution in [2.45, 2.75) is 32.5 Å². The Morgan fingerprint density at radius 1 is 1.22 bits per heavy atom. The molecular formula is C18H21N3O2. The third-order valence-electron chi connectivity index (χ3n) is 4.41. The van der Waals surface area contributed by atoms with E-state index in [1.54, 1.807) is 13.1 Å². The maximum atomic E-state index is 12.5. The number of benzene rings is 1. The van der Waals surface area contributed by atoms with Gasteiger partial charge in [-0.3, -0.25) is 9.59 Å². The van der Waals surface area contributed by atoms with E-state index < -0.39 is 6.04 Å². The van der Waals surface area contributed by atoms with Gasteiger partial charge in [-0.25, -0.2) is 0 Å². The van der Waals surface area contributed by atoms with Crippen LogP contribution in [0.25, 0.3) is 0 Å². The average molecular weight is 311 g/mol. The molecule has 2 amide bonds. The van der Waals surface area contributed by atoms with E-state index in [1.807, 2.05) is 29.0 Å². The minimum atomic E-state index is -0.475. The summed E-state index contributed by atoms with van der Waals surface area (Å²) < 4.78 is 1.84. The number of carbonyl (C=O) groups excluding carboxylic acids is 2. The summed E-state index contributed by atoms with van der Waals surface area (Å²) in [6, 6.07) is 11.3. The molecule has 1 N–H and O–H groups in total. The Morgan fingerprint density at radius 2 is 1.91 bits per heavy atom. The van der Waals surface area contributed by atoms with E-state index in [2.05, 4.69) is 24.4 Å². The number of nitrogens with zero attached hydrogens (tertiary/aromatic N) is 2. The summed E-state index contributed by atoms with van der Waals surface area (Å²) in [4.78, 5) is 26.2. The third-order valence-corrected chi connectivity index (χ3v) is 4.41. The highest BCUT2D eigenvalue weighted by atomic mass is 16.2. The minimum Gasteiger partial charge on any atom is -0.350 e. The first-order valence-corrected chi connectivity index (χ1v) is 7.88. The van der Waals surface area contributed by atoms with Crippen molar-refractivity contribution in [2.24, 2.45) is 0 Å². The van der Waals surface area contributed by atoms with Gasteiger partial charge in [-0.05, 0) is 29.7 Å². The molecule has 2 heterocycles. The number of hydrogen-bond donors (Lipinski definition) is 1. The largest absolute Gasteiger partial charge is 0.350 e. The fraction of sp³-hybridized carbons (Fsp3) is 0.333. The first-order valence-electron chi connectivity index (χ1n) is 7.88. The molecule has 0 bridgehead atoms. The van der Waals surface area contributed by atoms with Gasteiger partial charge in [0.05, 0.1) is 6.54 Å². The number of nitrogens with one attached hydrogen (secondary N) is 1. The molecule has 5 heteroatoms. The smallest absolute Gasteiger partial charge is 0.270 e. The van der Waals surface area contributed by atoms with Crippen molar-refractivity contribution >= 4 is 11.8 Å². The van der Waals surface area contributed by atoms with E-state index in [-0.39, 0.29) is 11.8 Å². The third kappa shape index (κ3) is 2.99. The Hall–Kier alpha value is -2.56. The second-order valence-electron chi connectivity index (χ2n) is 5.87. The van der Waals surface area contributed by atoms with E-state index in [4.69, 9.17) is 0 Å². The molecule has 0 fully saturated rings. The van der Waals surface area contributed by atoms with Crippen LogP contribution in [0.2, 0.25) is 0 Å². The second kappa shape index (κ2) is 6.28. The molecule has 0 saturated carbocycles. The molecule has 1 unspecified atom stereocenters. The quantitative estimate of drug-likeness (QED) is 0.936. The van der Waals surface area contributed by atoms with Crippen LogP contribution in [-0.2, 0) is 24.3 Å². The normalized spacial score (nSPS) is 17.0.